The Labute approximate surface area is 126 Å². The average Bonchev–Trinajstić information content (AvgIpc) is 2.96. The number of nitrogen functional groups attached to an aromatic ring is 1. The Morgan fingerprint density at radius 1 is 1.19 bits per heavy atom. The van der Waals surface area contributed by atoms with Gasteiger partial charge in [-0.15, -0.1) is 0 Å². The fourth-order valence-corrected chi connectivity index (χ4v) is 3.95. The van der Waals surface area contributed by atoms with E-state index in [0.717, 1.165) is 18.8 Å². The van der Waals surface area contributed by atoms with Gasteiger partial charge in [-0.1, -0.05) is 12.8 Å². The number of anilines is 2. The number of carbonyl (C=O) groups excluding carboxylic acids is 1. The Balaban J connectivity index is 1.80. The molecule has 1 aromatic rings. The first-order valence-corrected chi connectivity index (χ1v) is 7.86. The zero-order valence-corrected chi connectivity index (χ0v) is 12.7. The van der Waals surface area contributed by atoms with Gasteiger partial charge in [-0.2, -0.15) is 0 Å². The van der Waals surface area contributed by atoms with Gasteiger partial charge in [0.15, 0.2) is 0 Å². The van der Waals surface area contributed by atoms with E-state index in [9.17, 15) is 4.79 Å². The summed E-state index contributed by atoms with van der Waals surface area (Å²) < 4.78 is 4.89. The number of hydrogen-bond acceptors (Lipinski definition) is 4. The van der Waals surface area contributed by atoms with Crippen molar-refractivity contribution in [3.63, 3.8) is 0 Å². The van der Waals surface area contributed by atoms with Gasteiger partial charge in [-0.3, -0.25) is 0 Å². The zero-order valence-electron chi connectivity index (χ0n) is 12.7. The number of ether oxygens (including phenoxy) is 1. The lowest BCUT2D eigenvalue weighted by Gasteiger charge is -2.41. The van der Waals surface area contributed by atoms with Crippen LogP contribution in [0.2, 0.25) is 0 Å². The molecule has 1 aliphatic heterocycles. The number of piperidine rings is 1. The van der Waals surface area contributed by atoms with E-state index in [-0.39, 0.29) is 5.97 Å². The minimum absolute atomic E-state index is 0.307. The highest BCUT2D eigenvalue weighted by molar-refractivity contribution is 5.97. The summed E-state index contributed by atoms with van der Waals surface area (Å²) in [5.74, 6) is -0.307. The molecule has 3 rings (SSSR count). The van der Waals surface area contributed by atoms with E-state index in [0.29, 0.717) is 16.7 Å². The van der Waals surface area contributed by atoms with Crippen molar-refractivity contribution in [3.8, 4) is 0 Å². The van der Waals surface area contributed by atoms with E-state index in [2.05, 4.69) is 4.90 Å². The quantitative estimate of drug-likeness (QED) is 0.670. The van der Waals surface area contributed by atoms with Crippen molar-refractivity contribution in [2.75, 3.05) is 30.8 Å². The summed E-state index contributed by atoms with van der Waals surface area (Å²) in [5.41, 5.74) is 8.54. The summed E-state index contributed by atoms with van der Waals surface area (Å²) in [5, 5.41) is 0. The van der Waals surface area contributed by atoms with Crippen LogP contribution in [0.1, 0.15) is 48.9 Å². The molecule has 0 radical (unpaired) electrons. The van der Waals surface area contributed by atoms with Crippen LogP contribution in [0, 0.1) is 5.41 Å². The van der Waals surface area contributed by atoms with Crippen LogP contribution in [0.25, 0.3) is 0 Å². The summed E-state index contributed by atoms with van der Waals surface area (Å²) >= 11 is 0. The maximum Gasteiger partial charge on any atom is 0.340 e. The number of carbonyl (C=O) groups is 1. The van der Waals surface area contributed by atoms with Gasteiger partial charge in [0.05, 0.1) is 18.4 Å². The predicted octanol–water partition coefficient (Wildman–Crippen LogP) is 3.22. The molecule has 1 aromatic carbocycles. The highest BCUT2D eigenvalue weighted by Crippen LogP contribution is 2.46. The van der Waals surface area contributed by atoms with Crippen LogP contribution in [-0.4, -0.2) is 26.2 Å². The molecule has 21 heavy (non-hydrogen) atoms. The first-order valence-electron chi connectivity index (χ1n) is 7.86. The van der Waals surface area contributed by atoms with Crippen molar-refractivity contribution in [1.29, 1.82) is 0 Å². The molecule has 1 saturated heterocycles. The maximum atomic E-state index is 12.0. The molecule has 0 aromatic heterocycles. The molecule has 4 nitrogen and oxygen atoms in total. The smallest absolute Gasteiger partial charge is 0.340 e. The molecule has 2 N–H and O–H groups in total. The Bertz CT molecular complexity index is 526. The number of methoxy groups -OCH3 is 1. The third-order valence-electron chi connectivity index (χ3n) is 5.25. The number of benzene rings is 1. The Morgan fingerprint density at radius 3 is 2.48 bits per heavy atom. The van der Waals surface area contributed by atoms with E-state index >= 15 is 0 Å². The minimum Gasteiger partial charge on any atom is -0.465 e. The van der Waals surface area contributed by atoms with Crippen LogP contribution < -0.4 is 10.6 Å². The number of esters is 1. The lowest BCUT2D eigenvalue weighted by atomic mass is 9.77. The van der Waals surface area contributed by atoms with Gasteiger partial charge < -0.3 is 15.4 Å². The summed E-state index contributed by atoms with van der Waals surface area (Å²) in [6.07, 6.45) is 8.00. The molecule has 0 atom stereocenters. The molecule has 0 unspecified atom stereocenters. The van der Waals surface area contributed by atoms with Gasteiger partial charge in [0, 0.05) is 18.8 Å². The molecule has 114 valence electrons. The number of hydrogen-bond donors (Lipinski definition) is 1. The lowest BCUT2D eigenvalue weighted by molar-refractivity contribution is 0.0601. The van der Waals surface area contributed by atoms with Crippen LogP contribution in [0.3, 0.4) is 0 Å². The Kier molecular flexibility index (Phi) is 3.79. The van der Waals surface area contributed by atoms with Gasteiger partial charge in [-0.05, 0) is 49.3 Å². The van der Waals surface area contributed by atoms with Crippen LogP contribution in [0.15, 0.2) is 18.2 Å². The molecule has 4 heteroatoms. The summed E-state index contributed by atoms with van der Waals surface area (Å²) in [6, 6.07) is 5.54. The van der Waals surface area contributed by atoms with E-state index in [4.69, 9.17) is 10.5 Å². The molecule has 2 fully saturated rings. The Morgan fingerprint density at radius 2 is 1.86 bits per heavy atom. The molecule has 2 aliphatic rings. The predicted molar refractivity (Wildman–Crippen MR) is 84.5 cm³/mol. The van der Waals surface area contributed by atoms with Gasteiger partial charge in [0.2, 0.25) is 0 Å². The first-order chi connectivity index (χ1) is 10.1. The second kappa shape index (κ2) is 5.58. The van der Waals surface area contributed by atoms with Crippen molar-refractivity contribution in [3.05, 3.63) is 23.8 Å². The molecular formula is C17H24N2O2. The van der Waals surface area contributed by atoms with Crippen molar-refractivity contribution in [2.24, 2.45) is 5.41 Å². The molecular weight excluding hydrogens is 264 g/mol. The van der Waals surface area contributed by atoms with Gasteiger partial charge >= 0.3 is 5.97 Å². The second-order valence-electron chi connectivity index (χ2n) is 6.46. The average molecular weight is 288 g/mol. The molecule has 1 spiro atoms. The van der Waals surface area contributed by atoms with Crippen LogP contribution in [-0.2, 0) is 4.74 Å². The van der Waals surface area contributed by atoms with E-state index < -0.39 is 0 Å². The minimum atomic E-state index is -0.307. The Hall–Kier alpha value is -1.71. The normalized spacial score (nSPS) is 20.7. The van der Waals surface area contributed by atoms with Crippen LogP contribution in [0.4, 0.5) is 11.4 Å². The molecule has 1 saturated carbocycles. The van der Waals surface area contributed by atoms with Crippen molar-refractivity contribution < 1.29 is 9.53 Å². The fourth-order valence-electron chi connectivity index (χ4n) is 3.95. The van der Waals surface area contributed by atoms with Crippen molar-refractivity contribution in [1.82, 2.24) is 0 Å². The van der Waals surface area contributed by atoms with E-state index in [1.165, 1.54) is 45.6 Å². The highest BCUT2D eigenvalue weighted by atomic mass is 16.5. The SMILES string of the molecule is COC(=O)c1cc(N)ccc1N1CCC2(CCCC2)CC1. The molecule has 1 heterocycles. The third kappa shape index (κ3) is 2.71. The van der Waals surface area contributed by atoms with Crippen molar-refractivity contribution >= 4 is 17.3 Å². The third-order valence-corrected chi connectivity index (χ3v) is 5.25. The summed E-state index contributed by atoms with van der Waals surface area (Å²) in [7, 11) is 1.42. The summed E-state index contributed by atoms with van der Waals surface area (Å²) in [6.45, 7) is 2.04. The van der Waals surface area contributed by atoms with Gasteiger partial charge in [-0.25, -0.2) is 4.79 Å². The van der Waals surface area contributed by atoms with Crippen LogP contribution in [0.5, 0.6) is 0 Å². The van der Waals surface area contributed by atoms with Gasteiger partial charge in [0.1, 0.15) is 0 Å². The summed E-state index contributed by atoms with van der Waals surface area (Å²) in [4.78, 5) is 14.3. The highest BCUT2D eigenvalue weighted by Gasteiger charge is 2.37. The fraction of sp³-hybridized carbons (Fsp3) is 0.588. The van der Waals surface area contributed by atoms with E-state index in [1.807, 2.05) is 12.1 Å². The standard InChI is InChI=1S/C17H24N2O2/c1-21-16(20)14-12-13(18)4-5-15(14)19-10-8-17(9-11-19)6-2-3-7-17/h4-5,12H,2-3,6-11,18H2,1H3. The number of nitrogens with zero attached hydrogens (tertiary/aromatic N) is 1. The molecule has 0 amide bonds. The van der Waals surface area contributed by atoms with Crippen molar-refractivity contribution in [2.45, 2.75) is 38.5 Å². The van der Waals surface area contributed by atoms with E-state index in [1.54, 1.807) is 6.07 Å². The number of nitrogens with two attached hydrogens (primary N) is 1. The molecule has 1 aliphatic carbocycles. The maximum absolute atomic E-state index is 12.0. The second-order valence-corrected chi connectivity index (χ2v) is 6.46. The first kappa shape index (κ1) is 14.2. The largest absolute Gasteiger partial charge is 0.465 e. The van der Waals surface area contributed by atoms with Gasteiger partial charge in [0.25, 0.3) is 0 Å². The van der Waals surface area contributed by atoms with Crippen LogP contribution >= 0.6 is 0 Å². The zero-order chi connectivity index (χ0) is 14.9. The number of rotatable bonds is 2. The lowest BCUT2D eigenvalue weighted by Crippen LogP contribution is -2.39. The molecule has 0 bridgehead atoms. The monoisotopic (exact) mass is 288 g/mol. The topological polar surface area (TPSA) is 55.6 Å².